The van der Waals surface area contributed by atoms with E-state index in [1.165, 1.54) is 23.5 Å². The second kappa shape index (κ2) is 5.63. The van der Waals surface area contributed by atoms with Gasteiger partial charge in [-0.1, -0.05) is 24.3 Å². The molecule has 2 heterocycles. The largest absolute Gasteiger partial charge is 0.263 e. The summed E-state index contributed by atoms with van der Waals surface area (Å²) in [5.74, 6) is 0. The van der Waals surface area contributed by atoms with E-state index in [0.29, 0.717) is 16.5 Å². The van der Waals surface area contributed by atoms with Crippen LogP contribution in [0, 0.1) is 0 Å². The first-order chi connectivity index (χ1) is 10.1. The van der Waals surface area contributed by atoms with Crippen molar-refractivity contribution in [3.8, 4) is 11.4 Å². The lowest BCUT2D eigenvalue weighted by molar-refractivity contribution is 0.601. The molecule has 3 aromatic rings. The van der Waals surface area contributed by atoms with Gasteiger partial charge < -0.3 is 0 Å². The van der Waals surface area contributed by atoms with Gasteiger partial charge in [0, 0.05) is 11.6 Å². The zero-order chi connectivity index (χ0) is 14.7. The van der Waals surface area contributed by atoms with E-state index < -0.39 is 10.0 Å². The lowest BCUT2D eigenvalue weighted by Gasteiger charge is -2.04. The van der Waals surface area contributed by atoms with Gasteiger partial charge in [-0.05, 0) is 24.3 Å². The molecule has 0 atom stereocenters. The summed E-state index contributed by atoms with van der Waals surface area (Å²) in [5.41, 5.74) is 1.35. The Labute approximate surface area is 126 Å². The summed E-state index contributed by atoms with van der Waals surface area (Å²) in [6, 6.07) is 13.7. The monoisotopic (exact) mass is 317 g/mol. The van der Waals surface area contributed by atoms with Crippen LogP contribution in [0.15, 0.2) is 65.0 Å². The molecule has 0 aliphatic carbocycles. The number of hydrogen-bond acceptors (Lipinski definition) is 5. The lowest BCUT2D eigenvalue weighted by atomic mass is 10.3. The van der Waals surface area contributed by atoms with Crippen LogP contribution >= 0.6 is 11.3 Å². The van der Waals surface area contributed by atoms with Crippen molar-refractivity contribution in [2.24, 2.45) is 0 Å². The number of nitrogens with zero attached hydrogens (tertiary/aromatic N) is 2. The van der Waals surface area contributed by atoms with Gasteiger partial charge in [0.2, 0.25) is 0 Å². The highest BCUT2D eigenvalue weighted by Gasteiger charge is 2.16. The summed E-state index contributed by atoms with van der Waals surface area (Å²) < 4.78 is 26.9. The minimum absolute atomic E-state index is 0.208. The molecule has 1 aromatic carbocycles. The number of hydrogen-bond donors (Lipinski definition) is 1. The summed E-state index contributed by atoms with van der Waals surface area (Å²) in [7, 11) is -3.60. The molecule has 0 bridgehead atoms. The van der Waals surface area contributed by atoms with Gasteiger partial charge in [-0.3, -0.25) is 9.71 Å². The van der Waals surface area contributed by atoms with E-state index in [-0.39, 0.29) is 4.90 Å². The molecule has 21 heavy (non-hydrogen) atoms. The van der Waals surface area contributed by atoms with Crippen molar-refractivity contribution in [1.82, 2.24) is 9.97 Å². The van der Waals surface area contributed by atoms with E-state index in [0.717, 1.165) is 0 Å². The number of rotatable bonds is 4. The molecule has 0 amide bonds. The van der Waals surface area contributed by atoms with E-state index in [1.54, 1.807) is 29.8 Å². The molecule has 7 heteroatoms. The molecular weight excluding hydrogens is 306 g/mol. The molecule has 2 aromatic heterocycles. The fourth-order valence-corrected chi connectivity index (χ4v) is 3.70. The van der Waals surface area contributed by atoms with Gasteiger partial charge in [0.15, 0.2) is 5.13 Å². The summed E-state index contributed by atoms with van der Waals surface area (Å²) in [5, 5.41) is 2.09. The van der Waals surface area contributed by atoms with Crippen molar-refractivity contribution in [3.05, 3.63) is 60.1 Å². The van der Waals surface area contributed by atoms with E-state index in [2.05, 4.69) is 14.7 Å². The van der Waals surface area contributed by atoms with Crippen LogP contribution in [0.3, 0.4) is 0 Å². The average Bonchev–Trinajstić information content (AvgIpc) is 2.97. The third kappa shape index (κ3) is 3.09. The molecule has 5 nitrogen and oxygen atoms in total. The minimum atomic E-state index is -3.60. The maximum atomic E-state index is 12.2. The quantitative estimate of drug-likeness (QED) is 0.803. The zero-order valence-corrected chi connectivity index (χ0v) is 12.4. The van der Waals surface area contributed by atoms with Crippen molar-refractivity contribution in [2.75, 3.05) is 4.72 Å². The molecule has 0 aliphatic heterocycles. The minimum Gasteiger partial charge on any atom is -0.255 e. The highest BCUT2D eigenvalue weighted by atomic mass is 32.2. The van der Waals surface area contributed by atoms with Crippen LogP contribution in [0.5, 0.6) is 0 Å². The number of benzene rings is 1. The maximum absolute atomic E-state index is 12.2. The van der Waals surface area contributed by atoms with Gasteiger partial charge >= 0.3 is 0 Å². The van der Waals surface area contributed by atoms with Crippen molar-refractivity contribution in [1.29, 1.82) is 0 Å². The molecule has 0 saturated carbocycles. The Balaban J connectivity index is 1.85. The standard InChI is InChI=1S/C14H11N3O2S2/c18-21(19,11-6-2-1-3-7-11)17-14-16-13(10-20-14)12-8-4-5-9-15-12/h1-10H,(H,16,17). The molecule has 0 radical (unpaired) electrons. The van der Waals surface area contributed by atoms with E-state index in [9.17, 15) is 8.42 Å². The second-order valence-corrected chi connectivity index (χ2v) is 6.71. The summed E-state index contributed by atoms with van der Waals surface area (Å²) in [4.78, 5) is 8.65. The predicted molar refractivity (Wildman–Crippen MR) is 82.6 cm³/mol. The van der Waals surface area contributed by atoms with Crippen LogP contribution in [0.4, 0.5) is 5.13 Å². The zero-order valence-electron chi connectivity index (χ0n) is 10.8. The summed E-state index contributed by atoms with van der Waals surface area (Å²) in [6.45, 7) is 0. The van der Waals surface area contributed by atoms with Crippen LogP contribution in [-0.2, 0) is 10.0 Å². The highest BCUT2D eigenvalue weighted by Crippen LogP contribution is 2.25. The Kier molecular flexibility index (Phi) is 3.68. The number of aromatic nitrogens is 2. The Hall–Kier alpha value is -2.25. The first-order valence-corrected chi connectivity index (χ1v) is 8.46. The Bertz CT molecular complexity index is 831. The predicted octanol–water partition coefficient (Wildman–Crippen LogP) is 3.01. The molecular formula is C14H11N3O2S2. The van der Waals surface area contributed by atoms with Crippen molar-refractivity contribution < 1.29 is 8.42 Å². The molecule has 1 N–H and O–H groups in total. The van der Waals surface area contributed by atoms with E-state index >= 15 is 0 Å². The number of sulfonamides is 1. The third-order valence-electron chi connectivity index (χ3n) is 2.71. The molecule has 0 saturated heterocycles. The van der Waals surface area contributed by atoms with Crippen molar-refractivity contribution >= 4 is 26.5 Å². The molecule has 0 fully saturated rings. The fourth-order valence-electron chi connectivity index (χ4n) is 1.73. The SMILES string of the molecule is O=S(=O)(Nc1nc(-c2ccccn2)cs1)c1ccccc1. The van der Waals surface area contributed by atoms with E-state index in [1.807, 2.05) is 18.2 Å². The Morgan fingerprint density at radius 3 is 2.43 bits per heavy atom. The van der Waals surface area contributed by atoms with E-state index in [4.69, 9.17) is 0 Å². The topological polar surface area (TPSA) is 72.0 Å². The maximum Gasteiger partial charge on any atom is 0.263 e. The van der Waals surface area contributed by atoms with Gasteiger partial charge in [0.25, 0.3) is 10.0 Å². The van der Waals surface area contributed by atoms with Gasteiger partial charge in [0.05, 0.1) is 10.6 Å². The Morgan fingerprint density at radius 1 is 0.952 bits per heavy atom. The van der Waals surface area contributed by atoms with Crippen LogP contribution in [0.1, 0.15) is 0 Å². The number of anilines is 1. The molecule has 106 valence electrons. The third-order valence-corrected chi connectivity index (χ3v) is 4.95. The number of thiazole rings is 1. The molecule has 3 rings (SSSR count). The molecule has 0 aliphatic rings. The van der Waals surface area contributed by atoms with Crippen LogP contribution in [0.25, 0.3) is 11.4 Å². The van der Waals surface area contributed by atoms with Gasteiger partial charge in [-0.25, -0.2) is 13.4 Å². The number of pyridine rings is 1. The highest BCUT2D eigenvalue weighted by molar-refractivity contribution is 7.93. The lowest BCUT2D eigenvalue weighted by Crippen LogP contribution is -2.12. The Morgan fingerprint density at radius 2 is 1.71 bits per heavy atom. The first kappa shape index (κ1) is 13.7. The normalized spacial score (nSPS) is 11.2. The molecule has 0 unspecified atom stereocenters. The van der Waals surface area contributed by atoms with Crippen molar-refractivity contribution in [3.63, 3.8) is 0 Å². The second-order valence-electron chi connectivity index (χ2n) is 4.17. The number of nitrogens with one attached hydrogen (secondary N) is 1. The van der Waals surface area contributed by atoms with Gasteiger partial charge in [-0.2, -0.15) is 0 Å². The molecule has 0 spiro atoms. The van der Waals surface area contributed by atoms with Crippen LogP contribution in [0.2, 0.25) is 0 Å². The van der Waals surface area contributed by atoms with Crippen LogP contribution in [-0.4, -0.2) is 18.4 Å². The van der Waals surface area contributed by atoms with Gasteiger partial charge in [0.1, 0.15) is 5.69 Å². The average molecular weight is 317 g/mol. The summed E-state index contributed by atoms with van der Waals surface area (Å²) in [6.07, 6.45) is 1.67. The van der Waals surface area contributed by atoms with Crippen molar-refractivity contribution in [2.45, 2.75) is 4.90 Å². The smallest absolute Gasteiger partial charge is 0.255 e. The fraction of sp³-hybridized carbons (Fsp3) is 0. The summed E-state index contributed by atoms with van der Waals surface area (Å²) >= 11 is 1.22. The van der Waals surface area contributed by atoms with Gasteiger partial charge in [-0.15, -0.1) is 11.3 Å². The van der Waals surface area contributed by atoms with Crippen LogP contribution < -0.4 is 4.72 Å². The first-order valence-electron chi connectivity index (χ1n) is 6.10.